The molecular formula is C11H13NO3S3. The van der Waals surface area contributed by atoms with Gasteiger partial charge in [0.05, 0.1) is 11.5 Å². The van der Waals surface area contributed by atoms with Gasteiger partial charge in [0, 0.05) is 18.5 Å². The Balaban J connectivity index is 2.26. The van der Waals surface area contributed by atoms with E-state index in [2.05, 4.69) is 0 Å². The molecule has 2 heterocycles. The van der Waals surface area contributed by atoms with Crippen molar-refractivity contribution < 1.29 is 13.5 Å². The van der Waals surface area contributed by atoms with Crippen LogP contribution in [-0.2, 0) is 23.2 Å². The Morgan fingerprint density at radius 3 is 2.72 bits per heavy atom. The summed E-state index contributed by atoms with van der Waals surface area (Å²) in [6.07, 6.45) is 0. The lowest BCUT2D eigenvalue weighted by atomic mass is 10.3. The van der Waals surface area contributed by atoms with Crippen molar-refractivity contribution in [1.82, 2.24) is 4.31 Å². The van der Waals surface area contributed by atoms with Crippen LogP contribution in [0.2, 0.25) is 0 Å². The van der Waals surface area contributed by atoms with E-state index in [-0.39, 0.29) is 11.5 Å². The number of rotatable bonds is 5. The number of nitrogens with zero attached hydrogens (tertiary/aromatic N) is 1. The first-order chi connectivity index (χ1) is 8.55. The summed E-state index contributed by atoms with van der Waals surface area (Å²) in [7, 11) is -1.98. The van der Waals surface area contributed by atoms with E-state index >= 15 is 0 Å². The van der Waals surface area contributed by atoms with Gasteiger partial charge in [-0.05, 0) is 33.8 Å². The van der Waals surface area contributed by atoms with E-state index in [1.165, 1.54) is 33.0 Å². The van der Waals surface area contributed by atoms with Gasteiger partial charge >= 0.3 is 0 Å². The summed E-state index contributed by atoms with van der Waals surface area (Å²) < 4.78 is 26.0. The normalized spacial score (nSPS) is 12.2. The van der Waals surface area contributed by atoms with Crippen LogP contribution in [0.3, 0.4) is 0 Å². The van der Waals surface area contributed by atoms with Crippen molar-refractivity contribution >= 4 is 32.7 Å². The molecule has 0 aliphatic rings. The summed E-state index contributed by atoms with van der Waals surface area (Å²) in [5.74, 6) is 0. The van der Waals surface area contributed by atoms with Crippen molar-refractivity contribution in [2.45, 2.75) is 18.0 Å². The molecule has 4 nitrogen and oxygen atoms in total. The van der Waals surface area contributed by atoms with Gasteiger partial charge in [0.1, 0.15) is 0 Å². The minimum atomic E-state index is -3.53. The monoisotopic (exact) mass is 303 g/mol. The van der Waals surface area contributed by atoms with Crippen LogP contribution in [0.4, 0.5) is 0 Å². The van der Waals surface area contributed by atoms with Crippen LogP contribution in [-0.4, -0.2) is 24.9 Å². The molecule has 0 amide bonds. The summed E-state index contributed by atoms with van der Waals surface area (Å²) in [6, 6.07) is 3.44. The molecule has 0 aromatic carbocycles. The molecule has 0 saturated heterocycles. The van der Waals surface area contributed by atoms with Crippen LogP contribution in [0.15, 0.2) is 33.2 Å². The summed E-state index contributed by atoms with van der Waals surface area (Å²) in [6.45, 7) is 0.0884. The zero-order valence-electron chi connectivity index (χ0n) is 9.74. The van der Waals surface area contributed by atoms with Gasteiger partial charge in [0.15, 0.2) is 0 Å². The average Bonchev–Trinajstić information content (AvgIpc) is 2.98. The van der Waals surface area contributed by atoms with Crippen molar-refractivity contribution in [3.05, 3.63) is 38.7 Å². The molecule has 18 heavy (non-hydrogen) atoms. The zero-order chi connectivity index (χ0) is 13.2. The van der Waals surface area contributed by atoms with Crippen LogP contribution >= 0.6 is 22.7 Å². The van der Waals surface area contributed by atoms with E-state index in [4.69, 9.17) is 5.11 Å². The Morgan fingerprint density at radius 2 is 2.11 bits per heavy atom. The summed E-state index contributed by atoms with van der Waals surface area (Å²) in [4.78, 5) is 0.680. The molecule has 1 N–H and O–H groups in total. The highest BCUT2D eigenvalue weighted by molar-refractivity contribution is 7.89. The molecule has 0 unspecified atom stereocenters. The Kier molecular flexibility index (Phi) is 4.18. The highest BCUT2D eigenvalue weighted by Crippen LogP contribution is 2.25. The molecule has 0 spiro atoms. The number of hydrogen-bond acceptors (Lipinski definition) is 5. The topological polar surface area (TPSA) is 57.6 Å². The van der Waals surface area contributed by atoms with E-state index in [1.807, 2.05) is 16.8 Å². The Bertz CT molecular complexity index is 601. The second kappa shape index (κ2) is 5.50. The standard InChI is InChI=1S/C11H13NO3S3/c1-12(6-9-2-4-16-8-9)18(14,15)11-3-5-17-10(11)7-13/h2-5,8,13H,6-7H2,1H3. The third-order valence-electron chi connectivity index (χ3n) is 2.52. The molecule has 0 bridgehead atoms. The lowest BCUT2D eigenvalue weighted by Crippen LogP contribution is -2.26. The van der Waals surface area contributed by atoms with Gasteiger partial charge in [0.25, 0.3) is 0 Å². The molecule has 0 aliphatic heterocycles. The third-order valence-corrected chi connectivity index (χ3v) is 6.18. The molecular weight excluding hydrogens is 290 g/mol. The van der Waals surface area contributed by atoms with Crippen molar-refractivity contribution in [3.63, 3.8) is 0 Å². The van der Waals surface area contributed by atoms with E-state index in [0.717, 1.165) is 5.56 Å². The largest absolute Gasteiger partial charge is 0.391 e. The molecule has 0 radical (unpaired) electrons. The molecule has 2 rings (SSSR count). The number of thiophene rings is 2. The second-order valence-corrected chi connectivity index (χ2v) is 7.55. The lowest BCUT2D eigenvalue weighted by Gasteiger charge is -2.16. The van der Waals surface area contributed by atoms with Crippen molar-refractivity contribution in [1.29, 1.82) is 0 Å². The quantitative estimate of drug-likeness (QED) is 0.920. The molecule has 2 aromatic rings. The first-order valence-electron chi connectivity index (χ1n) is 5.20. The lowest BCUT2D eigenvalue weighted by molar-refractivity contribution is 0.282. The van der Waals surface area contributed by atoms with Crippen LogP contribution < -0.4 is 0 Å². The first-order valence-corrected chi connectivity index (χ1v) is 8.46. The molecule has 7 heteroatoms. The number of hydrogen-bond donors (Lipinski definition) is 1. The fourth-order valence-corrected chi connectivity index (χ4v) is 4.65. The third kappa shape index (κ3) is 2.65. The minimum Gasteiger partial charge on any atom is -0.391 e. The SMILES string of the molecule is CN(Cc1ccsc1)S(=O)(=O)c1ccsc1CO. The fraction of sp³-hybridized carbons (Fsp3) is 0.273. The van der Waals surface area contributed by atoms with Crippen LogP contribution in [0.5, 0.6) is 0 Å². The smallest absolute Gasteiger partial charge is 0.244 e. The van der Waals surface area contributed by atoms with Crippen LogP contribution in [0, 0.1) is 0 Å². The number of sulfonamides is 1. The maximum atomic E-state index is 12.3. The highest BCUT2D eigenvalue weighted by Gasteiger charge is 2.24. The van der Waals surface area contributed by atoms with E-state index in [1.54, 1.807) is 12.4 Å². The van der Waals surface area contributed by atoms with E-state index < -0.39 is 10.0 Å². The van der Waals surface area contributed by atoms with Gasteiger partial charge in [-0.3, -0.25) is 0 Å². The molecule has 0 aliphatic carbocycles. The van der Waals surface area contributed by atoms with Gasteiger partial charge in [0.2, 0.25) is 10.0 Å². The van der Waals surface area contributed by atoms with Gasteiger partial charge in [-0.25, -0.2) is 8.42 Å². The average molecular weight is 303 g/mol. The summed E-state index contributed by atoms with van der Waals surface area (Å²) in [5.41, 5.74) is 0.965. The van der Waals surface area contributed by atoms with Gasteiger partial charge < -0.3 is 5.11 Å². The Hall–Kier alpha value is -0.730. The van der Waals surface area contributed by atoms with E-state index in [0.29, 0.717) is 11.4 Å². The summed E-state index contributed by atoms with van der Waals surface area (Å²) in [5, 5.41) is 14.7. The Labute approximate surface area is 114 Å². The summed E-state index contributed by atoms with van der Waals surface area (Å²) >= 11 is 2.79. The van der Waals surface area contributed by atoms with Crippen molar-refractivity contribution in [3.8, 4) is 0 Å². The molecule has 2 aromatic heterocycles. The number of aliphatic hydroxyl groups is 1. The zero-order valence-corrected chi connectivity index (χ0v) is 12.2. The maximum absolute atomic E-state index is 12.3. The number of aliphatic hydroxyl groups excluding tert-OH is 1. The highest BCUT2D eigenvalue weighted by atomic mass is 32.2. The fourth-order valence-electron chi connectivity index (χ4n) is 1.57. The maximum Gasteiger partial charge on any atom is 0.244 e. The molecule has 0 atom stereocenters. The van der Waals surface area contributed by atoms with Crippen molar-refractivity contribution in [2.75, 3.05) is 7.05 Å². The van der Waals surface area contributed by atoms with Gasteiger partial charge in [-0.15, -0.1) is 11.3 Å². The van der Waals surface area contributed by atoms with Gasteiger partial charge in [-0.2, -0.15) is 15.6 Å². The predicted molar refractivity (Wildman–Crippen MR) is 73.2 cm³/mol. The predicted octanol–water partition coefficient (Wildman–Crippen LogP) is 2.12. The molecule has 0 fully saturated rings. The van der Waals surface area contributed by atoms with Crippen LogP contribution in [0.1, 0.15) is 10.4 Å². The van der Waals surface area contributed by atoms with Crippen molar-refractivity contribution in [2.24, 2.45) is 0 Å². The first kappa shape index (κ1) is 13.7. The van der Waals surface area contributed by atoms with Gasteiger partial charge in [-0.1, -0.05) is 0 Å². The Morgan fingerprint density at radius 1 is 1.33 bits per heavy atom. The molecule has 0 saturated carbocycles. The van der Waals surface area contributed by atoms with Crippen LogP contribution in [0.25, 0.3) is 0 Å². The minimum absolute atomic E-state index is 0.202. The second-order valence-electron chi connectivity index (χ2n) is 3.76. The molecule has 98 valence electrons. The van der Waals surface area contributed by atoms with E-state index in [9.17, 15) is 8.42 Å².